The second-order valence-electron chi connectivity index (χ2n) is 5.36. The molecule has 5 nitrogen and oxygen atoms in total. The number of hydrogen-bond donors (Lipinski definition) is 1. The number of nitrogen functional groups attached to an aromatic ring is 1. The van der Waals surface area contributed by atoms with Crippen molar-refractivity contribution in [2.24, 2.45) is 0 Å². The van der Waals surface area contributed by atoms with E-state index in [-0.39, 0.29) is 17.5 Å². The van der Waals surface area contributed by atoms with Crippen LogP contribution in [0, 0.1) is 5.82 Å². The van der Waals surface area contributed by atoms with Crippen LogP contribution in [0.3, 0.4) is 0 Å². The molecule has 0 saturated carbocycles. The van der Waals surface area contributed by atoms with Gasteiger partial charge >= 0.3 is 0 Å². The molecule has 3 heterocycles. The molecule has 3 aromatic rings. The summed E-state index contributed by atoms with van der Waals surface area (Å²) in [5.41, 5.74) is 7.12. The Hall–Kier alpha value is -2.76. The standard InChI is InChI=1S/C16H15FN4O/c1-9(2)21-8-12(11-6-19-7-13(17)15(11)21)16(22)14-5-10(18)3-4-20-14/h3-9H,1-2H3,(H2,18,20). The molecule has 3 rings (SSSR count). The molecule has 0 radical (unpaired) electrons. The molecule has 0 fully saturated rings. The number of carbonyl (C=O) groups is 1. The van der Waals surface area contributed by atoms with Crippen LogP contribution in [-0.4, -0.2) is 20.3 Å². The number of nitrogens with two attached hydrogens (primary N) is 1. The molecule has 0 spiro atoms. The van der Waals surface area contributed by atoms with Crippen LogP contribution in [0.15, 0.2) is 36.9 Å². The van der Waals surface area contributed by atoms with Crippen LogP contribution in [0.2, 0.25) is 0 Å². The number of nitrogens with zero attached hydrogens (tertiary/aromatic N) is 3. The van der Waals surface area contributed by atoms with Crippen LogP contribution in [0.5, 0.6) is 0 Å². The van der Waals surface area contributed by atoms with E-state index in [4.69, 9.17) is 5.73 Å². The van der Waals surface area contributed by atoms with Crippen LogP contribution in [-0.2, 0) is 0 Å². The van der Waals surface area contributed by atoms with Gasteiger partial charge in [0.1, 0.15) is 5.69 Å². The zero-order valence-corrected chi connectivity index (χ0v) is 12.2. The van der Waals surface area contributed by atoms with Crippen molar-refractivity contribution in [1.82, 2.24) is 14.5 Å². The quantitative estimate of drug-likeness (QED) is 0.754. The van der Waals surface area contributed by atoms with Gasteiger partial charge in [-0.1, -0.05) is 0 Å². The number of carbonyl (C=O) groups excluding carboxylic acids is 1. The highest BCUT2D eigenvalue weighted by molar-refractivity contribution is 6.15. The lowest BCUT2D eigenvalue weighted by Crippen LogP contribution is -2.04. The molecule has 0 aromatic carbocycles. The fourth-order valence-corrected chi connectivity index (χ4v) is 2.46. The maximum atomic E-state index is 14.1. The number of pyridine rings is 2. The fraction of sp³-hybridized carbons (Fsp3) is 0.188. The highest BCUT2D eigenvalue weighted by atomic mass is 19.1. The Morgan fingerprint density at radius 2 is 2.14 bits per heavy atom. The molecule has 0 saturated heterocycles. The first-order valence-electron chi connectivity index (χ1n) is 6.89. The van der Waals surface area contributed by atoms with Crippen molar-refractivity contribution in [2.45, 2.75) is 19.9 Å². The Bertz CT molecular complexity index is 870. The number of halogens is 1. The van der Waals surface area contributed by atoms with E-state index >= 15 is 0 Å². The van der Waals surface area contributed by atoms with Gasteiger partial charge in [-0.3, -0.25) is 14.8 Å². The minimum atomic E-state index is -0.453. The molecule has 112 valence electrons. The summed E-state index contributed by atoms with van der Waals surface area (Å²) in [6, 6.07) is 3.12. The van der Waals surface area contributed by atoms with Crippen molar-refractivity contribution in [3.63, 3.8) is 0 Å². The van der Waals surface area contributed by atoms with Gasteiger partial charge in [-0.15, -0.1) is 0 Å². The topological polar surface area (TPSA) is 73.8 Å². The molecule has 3 aromatic heterocycles. The lowest BCUT2D eigenvalue weighted by atomic mass is 10.1. The van der Waals surface area contributed by atoms with Gasteiger partial charge in [0.05, 0.1) is 17.3 Å². The predicted octanol–water partition coefficient (Wildman–Crippen LogP) is 2.96. The molecular formula is C16H15FN4O. The van der Waals surface area contributed by atoms with E-state index in [1.807, 2.05) is 13.8 Å². The van der Waals surface area contributed by atoms with Crippen molar-refractivity contribution < 1.29 is 9.18 Å². The molecule has 0 bridgehead atoms. The van der Waals surface area contributed by atoms with Crippen molar-refractivity contribution >= 4 is 22.4 Å². The molecule has 2 N–H and O–H groups in total. The number of rotatable bonds is 3. The Balaban J connectivity index is 2.23. The van der Waals surface area contributed by atoms with E-state index in [9.17, 15) is 9.18 Å². The van der Waals surface area contributed by atoms with E-state index in [1.54, 1.807) is 16.8 Å². The Morgan fingerprint density at radius 1 is 1.36 bits per heavy atom. The van der Waals surface area contributed by atoms with E-state index in [0.29, 0.717) is 22.2 Å². The number of hydrogen-bond acceptors (Lipinski definition) is 4. The largest absolute Gasteiger partial charge is 0.399 e. The maximum absolute atomic E-state index is 14.1. The zero-order chi connectivity index (χ0) is 15.9. The van der Waals surface area contributed by atoms with Crippen LogP contribution in [0.4, 0.5) is 10.1 Å². The summed E-state index contributed by atoms with van der Waals surface area (Å²) in [6.07, 6.45) is 5.77. The molecule has 0 aliphatic rings. The Labute approximate surface area is 126 Å². The first kappa shape index (κ1) is 14.2. The lowest BCUT2D eigenvalue weighted by molar-refractivity contribution is 0.103. The van der Waals surface area contributed by atoms with Gasteiger partial charge in [-0.25, -0.2) is 4.39 Å². The van der Waals surface area contributed by atoms with Crippen molar-refractivity contribution in [3.05, 3.63) is 54.0 Å². The average Bonchev–Trinajstić information content (AvgIpc) is 2.88. The summed E-state index contributed by atoms with van der Waals surface area (Å²) in [6.45, 7) is 3.85. The monoisotopic (exact) mass is 298 g/mol. The molecule has 0 amide bonds. The summed E-state index contributed by atoms with van der Waals surface area (Å²) in [7, 11) is 0. The van der Waals surface area contributed by atoms with Gasteiger partial charge < -0.3 is 10.3 Å². The van der Waals surface area contributed by atoms with Gasteiger partial charge in [-0.2, -0.15) is 0 Å². The summed E-state index contributed by atoms with van der Waals surface area (Å²) >= 11 is 0. The van der Waals surface area contributed by atoms with Crippen LogP contribution in [0.25, 0.3) is 10.9 Å². The highest BCUT2D eigenvalue weighted by Crippen LogP contribution is 2.27. The predicted molar refractivity (Wildman–Crippen MR) is 82.2 cm³/mol. The third-order valence-electron chi connectivity index (χ3n) is 3.51. The first-order chi connectivity index (χ1) is 10.5. The third kappa shape index (κ3) is 2.22. The van der Waals surface area contributed by atoms with Crippen molar-refractivity contribution in [2.75, 3.05) is 5.73 Å². The lowest BCUT2D eigenvalue weighted by Gasteiger charge is -2.08. The second kappa shape index (κ2) is 5.22. The Kier molecular flexibility index (Phi) is 3.36. The minimum absolute atomic E-state index is 0.00903. The van der Waals surface area contributed by atoms with Gasteiger partial charge in [-0.05, 0) is 26.0 Å². The Morgan fingerprint density at radius 3 is 2.82 bits per heavy atom. The highest BCUT2D eigenvalue weighted by Gasteiger charge is 2.21. The third-order valence-corrected chi connectivity index (χ3v) is 3.51. The summed E-state index contributed by atoms with van der Waals surface area (Å²) in [5.74, 6) is -0.755. The van der Waals surface area contributed by atoms with Gasteiger partial charge in [0, 0.05) is 35.7 Å². The van der Waals surface area contributed by atoms with Crippen molar-refractivity contribution in [3.8, 4) is 0 Å². The first-order valence-corrected chi connectivity index (χ1v) is 6.89. The smallest absolute Gasteiger partial charge is 0.213 e. The molecule has 22 heavy (non-hydrogen) atoms. The zero-order valence-electron chi connectivity index (χ0n) is 12.2. The SMILES string of the molecule is CC(C)n1cc(C(=O)c2cc(N)ccn2)c2cncc(F)c21. The molecule has 0 atom stereocenters. The van der Waals surface area contributed by atoms with E-state index in [2.05, 4.69) is 9.97 Å². The maximum Gasteiger partial charge on any atom is 0.213 e. The van der Waals surface area contributed by atoms with Crippen LogP contribution < -0.4 is 5.73 Å². The molecule has 0 aliphatic heterocycles. The van der Waals surface area contributed by atoms with Gasteiger partial charge in [0.15, 0.2) is 5.82 Å². The second-order valence-corrected chi connectivity index (χ2v) is 5.36. The molecular weight excluding hydrogens is 283 g/mol. The average molecular weight is 298 g/mol. The van der Waals surface area contributed by atoms with E-state index in [1.165, 1.54) is 18.5 Å². The van der Waals surface area contributed by atoms with Crippen LogP contribution in [0.1, 0.15) is 35.9 Å². The molecule has 0 unspecified atom stereocenters. The summed E-state index contributed by atoms with van der Waals surface area (Å²) in [4.78, 5) is 20.6. The van der Waals surface area contributed by atoms with Crippen molar-refractivity contribution in [1.29, 1.82) is 0 Å². The normalized spacial score (nSPS) is 11.3. The number of anilines is 1. The fourth-order valence-electron chi connectivity index (χ4n) is 2.46. The molecule has 6 heteroatoms. The van der Waals surface area contributed by atoms with Gasteiger partial charge in [0.2, 0.25) is 5.78 Å². The number of ketones is 1. The van der Waals surface area contributed by atoms with Gasteiger partial charge in [0.25, 0.3) is 0 Å². The summed E-state index contributed by atoms with van der Waals surface area (Å²) in [5, 5.41) is 0.475. The number of aromatic nitrogens is 3. The minimum Gasteiger partial charge on any atom is -0.399 e. The van der Waals surface area contributed by atoms with Crippen LogP contribution >= 0.6 is 0 Å². The molecule has 0 aliphatic carbocycles. The number of fused-ring (bicyclic) bond motifs is 1. The summed E-state index contributed by atoms with van der Waals surface area (Å²) < 4.78 is 15.8. The van der Waals surface area contributed by atoms with E-state index in [0.717, 1.165) is 6.20 Å². The van der Waals surface area contributed by atoms with E-state index < -0.39 is 5.82 Å².